The molecule has 0 bridgehead atoms. The molecule has 1 aliphatic heterocycles. The lowest BCUT2D eigenvalue weighted by Gasteiger charge is -2.45. The van der Waals surface area contributed by atoms with E-state index >= 15 is 0 Å². The minimum absolute atomic E-state index is 0.209. The van der Waals surface area contributed by atoms with Crippen LogP contribution in [-0.2, 0) is 0 Å². The molecule has 94 valence electrons. The Kier molecular flexibility index (Phi) is 8.35. The van der Waals surface area contributed by atoms with Gasteiger partial charge < -0.3 is 11.1 Å². The van der Waals surface area contributed by atoms with Crippen LogP contribution in [0.15, 0.2) is 0 Å². The Balaban J connectivity index is 0. The number of rotatable bonds is 0. The second-order valence-corrected chi connectivity index (χ2v) is 5.06. The SMILES string of the molecule is CC.CC.CC1(C)CC(N)CC(C)(C)N1. The molecule has 1 aliphatic rings. The molecule has 1 rings (SSSR count). The molecule has 0 aromatic heterocycles. The van der Waals surface area contributed by atoms with Gasteiger partial charge in [-0.15, -0.1) is 0 Å². The summed E-state index contributed by atoms with van der Waals surface area (Å²) in [6.07, 6.45) is 2.16. The predicted molar refractivity (Wildman–Crippen MR) is 71.2 cm³/mol. The van der Waals surface area contributed by atoms with Crippen molar-refractivity contribution in [2.75, 3.05) is 0 Å². The largest absolute Gasteiger partial charge is 0.328 e. The molecular formula is C13H32N2. The molecule has 0 atom stereocenters. The molecule has 0 spiro atoms. The van der Waals surface area contributed by atoms with E-state index in [0.717, 1.165) is 12.8 Å². The third-order valence-corrected chi connectivity index (χ3v) is 2.22. The molecule has 0 amide bonds. The number of nitrogens with two attached hydrogens (primary N) is 1. The van der Waals surface area contributed by atoms with Gasteiger partial charge in [-0.2, -0.15) is 0 Å². The highest BCUT2D eigenvalue weighted by Crippen LogP contribution is 2.26. The van der Waals surface area contributed by atoms with Gasteiger partial charge in [0.25, 0.3) is 0 Å². The summed E-state index contributed by atoms with van der Waals surface area (Å²) in [5.74, 6) is 0. The number of piperidine rings is 1. The second kappa shape index (κ2) is 7.24. The first-order valence-electron chi connectivity index (χ1n) is 6.36. The van der Waals surface area contributed by atoms with E-state index in [9.17, 15) is 0 Å². The highest BCUT2D eigenvalue weighted by atomic mass is 15.1. The first kappa shape index (κ1) is 17.3. The second-order valence-electron chi connectivity index (χ2n) is 5.06. The van der Waals surface area contributed by atoms with Crippen molar-refractivity contribution in [2.45, 2.75) is 85.4 Å². The monoisotopic (exact) mass is 216 g/mol. The number of hydrogen-bond acceptors (Lipinski definition) is 2. The number of hydrogen-bond donors (Lipinski definition) is 2. The molecule has 3 N–H and O–H groups in total. The van der Waals surface area contributed by atoms with Gasteiger partial charge in [0.05, 0.1) is 0 Å². The van der Waals surface area contributed by atoms with E-state index in [0.29, 0.717) is 6.04 Å². The van der Waals surface area contributed by atoms with E-state index in [1.807, 2.05) is 27.7 Å². The molecule has 0 aliphatic carbocycles. The lowest BCUT2D eigenvalue weighted by Crippen LogP contribution is -2.60. The van der Waals surface area contributed by atoms with Crippen LogP contribution in [0.5, 0.6) is 0 Å². The highest BCUT2D eigenvalue weighted by Gasteiger charge is 2.35. The van der Waals surface area contributed by atoms with Gasteiger partial charge >= 0.3 is 0 Å². The topological polar surface area (TPSA) is 38.0 Å². The summed E-state index contributed by atoms with van der Waals surface area (Å²) < 4.78 is 0. The highest BCUT2D eigenvalue weighted by molar-refractivity contribution is 4.98. The summed E-state index contributed by atoms with van der Waals surface area (Å²) in [7, 11) is 0. The molecule has 1 heterocycles. The van der Waals surface area contributed by atoms with Crippen LogP contribution in [0.1, 0.15) is 68.2 Å². The smallest absolute Gasteiger partial charge is 0.0144 e. The van der Waals surface area contributed by atoms with Crippen LogP contribution in [-0.4, -0.2) is 17.1 Å². The van der Waals surface area contributed by atoms with Crippen molar-refractivity contribution in [2.24, 2.45) is 5.73 Å². The van der Waals surface area contributed by atoms with Gasteiger partial charge in [0.2, 0.25) is 0 Å². The van der Waals surface area contributed by atoms with Crippen LogP contribution in [0.2, 0.25) is 0 Å². The molecule has 2 nitrogen and oxygen atoms in total. The van der Waals surface area contributed by atoms with Gasteiger partial charge in [-0.25, -0.2) is 0 Å². The van der Waals surface area contributed by atoms with E-state index in [4.69, 9.17) is 5.73 Å². The van der Waals surface area contributed by atoms with E-state index < -0.39 is 0 Å². The van der Waals surface area contributed by atoms with Gasteiger partial charge in [0, 0.05) is 17.1 Å². The molecule has 0 radical (unpaired) electrons. The minimum atomic E-state index is 0.209. The molecule has 2 heteroatoms. The molecule has 1 saturated heterocycles. The zero-order chi connectivity index (χ0) is 12.7. The molecule has 1 fully saturated rings. The summed E-state index contributed by atoms with van der Waals surface area (Å²) in [5.41, 5.74) is 6.36. The van der Waals surface area contributed by atoms with Crippen molar-refractivity contribution in [3.63, 3.8) is 0 Å². The van der Waals surface area contributed by atoms with Crippen LogP contribution in [0, 0.1) is 0 Å². The Labute approximate surface area is 97.0 Å². The van der Waals surface area contributed by atoms with Gasteiger partial charge in [0.15, 0.2) is 0 Å². The van der Waals surface area contributed by atoms with Crippen LogP contribution >= 0.6 is 0 Å². The summed E-state index contributed by atoms with van der Waals surface area (Å²) >= 11 is 0. The van der Waals surface area contributed by atoms with E-state index in [2.05, 4.69) is 33.0 Å². The van der Waals surface area contributed by atoms with E-state index in [1.165, 1.54) is 0 Å². The van der Waals surface area contributed by atoms with Crippen molar-refractivity contribution in [1.29, 1.82) is 0 Å². The normalized spacial score (nSPS) is 23.0. The first-order valence-corrected chi connectivity index (χ1v) is 6.36. The third-order valence-electron chi connectivity index (χ3n) is 2.22. The zero-order valence-corrected chi connectivity index (χ0v) is 12.1. The fourth-order valence-electron chi connectivity index (χ4n) is 2.40. The average molecular weight is 216 g/mol. The van der Waals surface area contributed by atoms with Crippen molar-refractivity contribution >= 4 is 0 Å². The predicted octanol–water partition coefficient (Wildman–Crippen LogP) is 3.31. The van der Waals surface area contributed by atoms with Crippen LogP contribution in [0.4, 0.5) is 0 Å². The fraction of sp³-hybridized carbons (Fsp3) is 1.00. The molecule has 0 saturated carbocycles. The number of nitrogens with one attached hydrogen (secondary N) is 1. The molecule has 15 heavy (non-hydrogen) atoms. The fourth-order valence-corrected chi connectivity index (χ4v) is 2.40. The Morgan fingerprint density at radius 1 is 0.867 bits per heavy atom. The zero-order valence-electron chi connectivity index (χ0n) is 12.1. The summed E-state index contributed by atoms with van der Waals surface area (Å²) in [5, 5.41) is 3.58. The van der Waals surface area contributed by atoms with E-state index in [-0.39, 0.29) is 11.1 Å². The maximum absolute atomic E-state index is 5.95. The summed E-state index contributed by atoms with van der Waals surface area (Å²) in [6.45, 7) is 16.9. The lowest BCUT2D eigenvalue weighted by molar-refractivity contribution is 0.163. The Hall–Kier alpha value is -0.0800. The van der Waals surface area contributed by atoms with E-state index in [1.54, 1.807) is 0 Å². The summed E-state index contributed by atoms with van der Waals surface area (Å²) in [4.78, 5) is 0. The first-order chi connectivity index (χ1) is 6.81. The van der Waals surface area contributed by atoms with Gasteiger partial charge in [-0.1, -0.05) is 27.7 Å². The van der Waals surface area contributed by atoms with Gasteiger partial charge in [-0.3, -0.25) is 0 Å². The summed E-state index contributed by atoms with van der Waals surface area (Å²) in [6, 6.07) is 0.362. The Bertz CT molecular complexity index is 135. The average Bonchev–Trinajstić information content (AvgIpc) is 2.04. The third kappa shape index (κ3) is 7.80. The standard InChI is InChI=1S/C9H20N2.2C2H6/c1-8(2)5-7(10)6-9(3,4)11-8;2*1-2/h7,11H,5-6,10H2,1-4H3;2*1-2H3. The molecule has 0 aromatic rings. The quantitative estimate of drug-likeness (QED) is 0.652. The van der Waals surface area contributed by atoms with Crippen LogP contribution < -0.4 is 11.1 Å². The Morgan fingerprint density at radius 2 is 1.13 bits per heavy atom. The lowest BCUT2D eigenvalue weighted by atomic mass is 9.80. The molecule has 0 aromatic carbocycles. The maximum atomic E-state index is 5.95. The van der Waals surface area contributed by atoms with Crippen molar-refractivity contribution in [3.05, 3.63) is 0 Å². The van der Waals surface area contributed by atoms with Crippen molar-refractivity contribution in [3.8, 4) is 0 Å². The van der Waals surface area contributed by atoms with Gasteiger partial charge in [-0.05, 0) is 40.5 Å². The Morgan fingerprint density at radius 3 is 1.33 bits per heavy atom. The molecule has 0 unspecified atom stereocenters. The van der Waals surface area contributed by atoms with Crippen molar-refractivity contribution in [1.82, 2.24) is 5.32 Å². The molecular weight excluding hydrogens is 184 g/mol. The minimum Gasteiger partial charge on any atom is -0.328 e. The van der Waals surface area contributed by atoms with Crippen molar-refractivity contribution < 1.29 is 0 Å². The van der Waals surface area contributed by atoms with Gasteiger partial charge in [0.1, 0.15) is 0 Å². The van der Waals surface area contributed by atoms with Crippen LogP contribution in [0.3, 0.4) is 0 Å². The van der Waals surface area contributed by atoms with Crippen LogP contribution in [0.25, 0.3) is 0 Å². The maximum Gasteiger partial charge on any atom is 0.0144 e.